The number of carbonyl (C=O) groups is 3. The fourth-order valence-electron chi connectivity index (χ4n) is 4.82. The van der Waals surface area contributed by atoms with Gasteiger partial charge in [0.2, 0.25) is 5.91 Å². The lowest BCUT2D eigenvalue weighted by Crippen LogP contribution is -2.42. The van der Waals surface area contributed by atoms with E-state index in [0.29, 0.717) is 39.1 Å². The summed E-state index contributed by atoms with van der Waals surface area (Å²) in [4.78, 5) is 46.9. The first-order valence-corrected chi connectivity index (χ1v) is 14.8. The Kier molecular flexibility index (Phi) is 11.6. The molecule has 0 radical (unpaired) electrons. The number of nitrogens with zero attached hydrogens (tertiary/aromatic N) is 7. The summed E-state index contributed by atoms with van der Waals surface area (Å²) in [5, 5.41) is 11.5. The Morgan fingerprint density at radius 2 is 2.00 bits per heavy atom. The van der Waals surface area contributed by atoms with Gasteiger partial charge in [0.25, 0.3) is 5.91 Å². The number of esters is 1. The molecule has 0 atom stereocenters. The summed E-state index contributed by atoms with van der Waals surface area (Å²) in [5.74, 6) is -1.50. The fourth-order valence-corrected chi connectivity index (χ4v) is 4.99. The van der Waals surface area contributed by atoms with Crippen molar-refractivity contribution in [2.24, 2.45) is 10.9 Å². The van der Waals surface area contributed by atoms with Gasteiger partial charge in [0, 0.05) is 48.8 Å². The molecule has 0 aliphatic carbocycles. The maximum atomic E-state index is 13.4. The first-order chi connectivity index (χ1) is 22.0. The number of benzene rings is 1. The van der Waals surface area contributed by atoms with Crippen molar-refractivity contribution in [3.05, 3.63) is 47.8 Å². The monoisotopic (exact) mass is 660 g/mol. The molecular weight excluding hydrogens is 626 g/mol. The van der Waals surface area contributed by atoms with Gasteiger partial charge in [0.1, 0.15) is 30.2 Å². The summed E-state index contributed by atoms with van der Waals surface area (Å²) in [7, 11) is 3.78. The highest BCUT2D eigenvalue weighted by Crippen LogP contribution is 2.37. The van der Waals surface area contributed by atoms with Crippen LogP contribution in [0.3, 0.4) is 0 Å². The van der Waals surface area contributed by atoms with Crippen molar-refractivity contribution in [3.63, 3.8) is 0 Å². The Morgan fingerprint density at radius 1 is 1.26 bits per heavy atom. The predicted octanol–water partition coefficient (Wildman–Crippen LogP) is 4.42. The largest absolute Gasteiger partial charge is 0.464 e. The number of hydrogen-bond acceptors (Lipinski definition) is 9. The minimum atomic E-state index is -3.14. The maximum Gasteiger partial charge on any atom is 0.387 e. The Morgan fingerprint density at radius 3 is 2.65 bits per heavy atom. The van der Waals surface area contributed by atoms with Crippen LogP contribution in [0.15, 0.2) is 42.2 Å². The maximum absolute atomic E-state index is 13.4. The summed E-state index contributed by atoms with van der Waals surface area (Å²) in [6.45, 7) is 3.57. The molecule has 46 heavy (non-hydrogen) atoms. The lowest BCUT2D eigenvalue weighted by Gasteiger charge is -2.31. The molecule has 1 aromatic carbocycles. The third-order valence-electron chi connectivity index (χ3n) is 7.12. The van der Waals surface area contributed by atoms with Crippen LogP contribution in [0, 0.1) is 5.92 Å². The molecule has 1 aliphatic heterocycles. The highest BCUT2D eigenvalue weighted by molar-refractivity contribution is 6.31. The zero-order valence-electron chi connectivity index (χ0n) is 25.7. The van der Waals surface area contributed by atoms with E-state index >= 15 is 0 Å². The Labute approximate surface area is 269 Å². The number of halogens is 3. The van der Waals surface area contributed by atoms with Crippen molar-refractivity contribution in [1.29, 1.82) is 0 Å². The molecule has 0 spiro atoms. The molecule has 0 unspecified atom stereocenters. The van der Waals surface area contributed by atoms with Gasteiger partial charge >= 0.3 is 12.6 Å². The number of likely N-dealkylation sites (N-methyl/N-ethyl adjacent to an activating group) is 1. The van der Waals surface area contributed by atoms with Crippen molar-refractivity contribution >= 4 is 53.3 Å². The molecule has 4 rings (SSSR count). The van der Waals surface area contributed by atoms with Gasteiger partial charge in [-0.15, -0.1) is 0 Å². The van der Waals surface area contributed by atoms with Gasteiger partial charge in [0.15, 0.2) is 5.82 Å². The van der Waals surface area contributed by atoms with E-state index in [0.717, 1.165) is 0 Å². The van der Waals surface area contributed by atoms with E-state index < -0.39 is 12.5 Å². The second-order valence-corrected chi connectivity index (χ2v) is 11.0. The van der Waals surface area contributed by atoms with Crippen molar-refractivity contribution in [2.45, 2.75) is 32.9 Å². The molecule has 3 heterocycles. The topological polar surface area (TPSA) is 136 Å². The van der Waals surface area contributed by atoms with E-state index in [2.05, 4.69) is 27.1 Å². The molecule has 2 aromatic heterocycles. The molecule has 16 heteroatoms. The number of nitrogens with one attached hydrogen (secondary N) is 1. The average molecular weight is 661 g/mol. The number of likely N-dealkylation sites (tertiary alicyclic amines) is 1. The Balaban J connectivity index is 1.57. The third kappa shape index (κ3) is 8.54. The van der Waals surface area contributed by atoms with Crippen LogP contribution in [-0.2, 0) is 20.9 Å². The van der Waals surface area contributed by atoms with Crippen molar-refractivity contribution in [3.8, 4) is 17.0 Å². The van der Waals surface area contributed by atoms with Crippen LogP contribution in [0.25, 0.3) is 17.5 Å². The van der Waals surface area contributed by atoms with E-state index in [4.69, 9.17) is 21.1 Å². The van der Waals surface area contributed by atoms with Crippen LogP contribution in [-0.4, -0.2) is 100 Å². The van der Waals surface area contributed by atoms with Crippen LogP contribution in [0.4, 0.5) is 20.3 Å². The van der Waals surface area contributed by atoms with Gasteiger partial charge in [-0.1, -0.05) is 18.2 Å². The number of ether oxygens (including phenoxy) is 2. The fraction of sp³-hybridized carbons (Fsp3) is 0.400. The summed E-state index contributed by atoms with van der Waals surface area (Å²) < 4.78 is 39.3. The number of rotatable bonds is 13. The quantitative estimate of drug-likeness (QED) is 0.210. The number of amides is 2. The summed E-state index contributed by atoms with van der Waals surface area (Å²) >= 11 is 6.20. The predicted molar refractivity (Wildman–Crippen MR) is 169 cm³/mol. The average Bonchev–Trinajstić information content (AvgIpc) is 3.61. The molecule has 0 bridgehead atoms. The van der Waals surface area contributed by atoms with Crippen LogP contribution in [0.1, 0.15) is 30.1 Å². The van der Waals surface area contributed by atoms with Gasteiger partial charge in [-0.05, 0) is 52.1 Å². The van der Waals surface area contributed by atoms with E-state index in [9.17, 15) is 23.2 Å². The number of anilines is 1. The van der Waals surface area contributed by atoms with E-state index in [1.165, 1.54) is 52.4 Å². The smallest absolute Gasteiger partial charge is 0.387 e. The number of hydrogen-bond donors (Lipinski definition) is 1. The number of aliphatic imine (C=N–C) groups is 1. The Bertz CT molecular complexity index is 1600. The molecule has 13 nitrogen and oxygen atoms in total. The third-order valence-corrected chi connectivity index (χ3v) is 7.36. The van der Waals surface area contributed by atoms with Gasteiger partial charge < -0.3 is 24.6 Å². The van der Waals surface area contributed by atoms with E-state index in [1.807, 2.05) is 19.0 Å². The highest BCUT2D eigenvalue weighted by Gasteiger charge is 2.29. The summed E-state index contributed by atoms with van der Waals surface area (Å²) in [6.07, 6.45) is 6.49. The number of piperidine rings is 1. The first kappa shape index (κ1) is 34.2. The zero-order valence-corrected chi connectivity index (χ0v) is 26.4. The standard InChI is InChI=1S/C30H35ClF2N8O5/c1-5-34-27-22(16-35-41(27)6-2)28(43)36-23-17-40(37-26(23)21-15-20(31)7-8-24(21)46-30(32)33)18-25(42)39-11-9-19(10-12-39)29(44)45-14-13-38(3)4/h5-8,15-17,19,30H,2,9-14,18H2,1,3-4H3,(H,36,43). The van der Waals surface area contributed by atoms with E-state index in [-0.39, 0.29) is 63.4 Å². The van der Waals surface area contributed by atoms with Crippen molar-refractivity contribution in [1.82, 2.24) is 29.4 Å². The molecule has 1 fully saturated rings. The molecule has 0 saturated carbocycles. The summed E-state index contributed by atoms with van der Waals surface area (Å²) in [5.41, 5.74) is 0.300. The molecule has 246 valence electrons. The van der Waals surface area contributed by atoms with Crippen molar-refractivity contribution in [2.75, 3.05) is 45.7 Å². The van der Waals surface area contributed by atoms with Crippen molar-refractivity contribution < 1.29 is 32.6 Å². The van der Waals surface area contributed by atoms with Crippen LogP contribution >= 0.6 is 11.6 Å². The number of carbonyl (C=O) groups excluding carboxylic acids is 3. The lowest BCUT2D eigenvalue weighted by molar-refractivity contribution is -0.152. The van der Waals surface area contributed by atoms with Gasteiger partial charge in [-0.25, -0.2) is 9.67 Å². The molecular formula is C30H35ClF2N8O5. The Hall–Kier alpha value is -4.63. The molecule has 2 amide bonds. The van der Waals surface area contributed by atoms with Crippen LogP contribution < -0.4 is 10.1 Å². The van der Waals surface area contributed by atoms with Gasteiger partial charge in [0.05, 0.1) is 17.8 Å². The van der Waals surface area contributed by atoms with Gasteiger partial charge in [-0.3, -0.25) is 19.1 Å². The molecule has 3 aromatic rings. The normalized spacial score (nSPS) is 13.9. The molecule has 1 saturated heterocycles. The SMILES string of the molecule is C=Cn1ncc(C(=O)Nc2cn(CC(=O)N3CCC(C(=O)OCCN(C)C)CC3)nc2-c2cc(Cl)ccc2OC(F)F)c1N=CC. The second-order valence-electron chi connectivity index (χ2n) is 10.6. The van der Waals surface area contributed by atoms with Crippen LogP contribution in [0.5, 0.6) is 5.75 Å². The summed E-state index contributed by atoms with van der Waals surface area (Å²) in [6, 6.07) is 4.01. The minimum absolute atomic E-state index is 0.0372. The van der Waals surface area contributed by atoms with Gasteiger partial charge in [-0.2, -0.15) is 19.0 Å². The van der Waals surface area contributed by atoms with E-state index in [1.54, 1.807) is 11.8 Å². The lowest BCUT2D eigenvalue weighted by atomic mass is 9.97. The van der Waals surface area contributed by atoms with Crippen LogP contribution in [0.2, 0.25) is 5.02 Å². The molecule has 1 N–H and O–H groups in total. The minimum Gasteiger partial charge on any atom is -0.464 e. The second kappa shape index (κ2) is 15.6. The number of alkyl halides is 2. The first-order valence-electron chi connectivity index (χ1n) is 14.4. The number of aromatic nitrogens is 4. The highest BCUT2D eigenvalue weighted by atomic mass is 35.5. The zero-order chi connectivity index (χ0) is 33.4. The molecule has 1 aliphatic rings.